The van der Waals surface area contributed by atoms with Gasteiger partial charge in [0.1, 0.15) is 5.82 Å². The first-order chi connectivity index (χ1) is 11.3. The van der Waals surface area contributed by atoms with Crippen LogP contribution in [-0.2, 0) is 13.1 Å². The lowest BCUT2D eigenvalue weighted by atomic mass is 10.2. The van der Waals surface area contributed by atoms with Crippen molar-refractivity contribution in [3.8, 4) is 0 Å². The van der Waals surface area contributed by atoms with Gasteiger partial charge in [-0.1, -0.05) is 0 Å². The van der Waals surface area contributed by atoms with Gasteiger partial charge in [0.2, 0.25) is 0 Å². The molecule has 6 heteroatoms. The van der Waals surface area contributed by atoms with E-state index in [1.54, 1.807) is 23.0 Å². The van der Waals surface area contributed by atoms with Crippen LogP contribution in [0.15, 0.2) is 35.4 Å². The van der Waals surface area contributed by atoms with Crippen molar-refractivity contribution < 1.29 is 0 Å². The van der Waals surface area contributed by atoms with Crippen LogP contribution in [0.4, 0.5) is 0 Å². The van der Waals surface area contributed by atoms with Crippen molar-refractivity contribution in [2.24, 2.45) is 0 Å². The molecule has 6 nitrogen and oxygen atoms in total. The Morgan fingerprint density at radius 3 is 2.91 bits per heavy atom. The SMILES string of the molecule is O=c1cccnn1CC1CCCN1Cc1ccnc(C2CC2)n1. The molecular weight excluding hydrogens is 290 g/mol. The highest BCUT2D eigenvalue weighted by molar-refractivity contribution is 5.10. The quantitative estimate of drug-likeness (QED) is 0.839. The van der Waals surface area contributed by atoms with E-state index in [4.69, 9.17) is 4.98 Å². The molecule has 0 radical (unpaired) electrons. The maximum atomic E-state index is 11.9. The predicted octanol–water partition coefficient (Wildman–Crippen LogP) is 1.58. The Morgan fingerprint density at radius 1 is 1.17 bits per heavy atom. The molecule has 0 amide bonds. The highest BCUT2D eigenvalue weighted by Crippen LogP contribution is 2.37. The van der Waals surface area contributed by atoms with E-state index < -0.39 is 0 Å². The maximum absolute atomic E-state index is 11.9. The summed E-state index contributed by atoms with van der Waals surface area (Å²) >= 11 is 0. The fraction of sp³-hybridized carbons (Fsp3) is 0.529. The van der Waals surface area contributed by atoms with Crippen molar-refractivity contribution in [2.75, 3.05) is 6.54 Å². The molecule has 3 heterocycles. The topological polar surface area (TPSA) is 63.9 Å². The number of rotatable bonds is 5. The molecule has 1 saturated heterocycles. The van der Waals surface area contributed by atoms with Crippen molar-refractivity contribution in [1.82, 2.24) is 24.6 Å². The fourth-order valence-corrected chi connectivity index (χ4v) is 3.28. The second kappa shape index (κ2) is 6.20. The Bertz CT molecular complexity index is 740. The first-order valence-electron chi connectivity index (χ1n) is 8.37. The van der Waals surface area contributed by atoms with Gasteiger partial charge >= 0.3 is 0 Å². The van der Waals surface area contributed by atoms with Gasteiger partial charge in [0.15, 0.2) is 0 Å². The largest absolute Gasteiger partial charge is 0.293 e. The molecule has 2 aromatic rings. The van der Waals surface area contributed by atoms with Crippen LogP contribution in [0.2, 0.25) is 0 Å². The van der Waals surface area contributed by atoms with Crippen LogP contribution in [0.3, 0.4) is 0 Å². The summed E-state index contributed by atoms with van der Waals surface area (Å²) in [5.74, 6) is 1.58. The Hall–Kier alpha value is -2.08. The third-order valence-corrected chi connectivity index (χ3v) is 4.71. The smallest absolute Gasteiger partial charge is 0.266 e. The molecule has 0 bridgehead atoms. The highest BCUT2D eigenvalue weighted by atomic mass is 16.1. The maximum Gasteiger partial charge on any atom is 0.266 e. The van der Waals surface area contributed by atoms with Gasteiger partial charge < -0.3 is 0 Å². The lowest BCUT2D eigenvalue weighted by Crippen LogP contribution is -2.36. The molecule has 23 heavy (non-hydrogen) atoms. The average Bonchev–Trinajstić information content (AvgIpc) is 3.33. The minimum Gasteiger partial charge on any atom is -0.293 e. The zero-order chi connectivity index (χ0) is 15.6. The van der Waals surface area contributed by atoms with Crippen LogP contribution in [0.5, 0.6) is 0 Å². The fourth-order valence-electron chi connectivity index (χ4n) is 3.28. The molecular formula is C17H21N5O. The molecule has 1 aliphatic carbocycles. The monoisotopic (exact) mass is 311 g/mol. The van der Waals surface area contributed by atoms with Gasteiger partial charge in [0, 0.05) is 37.0 Å². The van der Waals surface area contributed by atoms with Gasteiger partial charge in [-0.2, -0.15) is 5.10 Å². The van der Waals surface area contributed by atoms with Crippen LogP contribution < -0.4 is 5.56 Å². The Balaban J connectivity index is 1.46. The van der Waals surface area contributed by atoms with Gasteiger partial charge in [-0.05, 0) is 44.4 Å². The zero-order valence-corrected chi connectivity index (χ0v) is 13.1. The van der Waals surface area contributed by atoms with E-state index in [1.807, 2.05) is 12.3 Å². The summed E-state index contributed by atoms with van der Waals surface area (Å²) in [5.41, 5.74) is 1.06. The molecule has 2 aromatic heterocycles. The second-order valence-electron chi connectivity index (χ2n) is 6.49. The van der Waals surface area contributed by atoms with Gasteiger partial charge in [0.25, 0.3) is 5.56 Å². The lowest BCUT2D eigenvalue weighted by Gasteiger charge is -2.24. The van der Waals surface area contributed by atoms with Gasteiger partial charge in [0.05, 0.1) is 12.2 Å². The molecule has 2 fully saturated rings. The molecule has 1 aliphatic heterocycles. The number of likely N-dealkylation sites (tertiary alicyclic amines) is 1. The van der Waals surface area contributed by atoms with Gasteiger partial charge in [-0.25, -0.2) is 14.6 Å². The minimum atomic E-state index is -0.0302. The van der Waals surface area contributed by atoms with E-state index >= 15 is 0 Å². The third-order valence-electron chi connectivity index (χ3n) is 4.71. The van der Waals surface area contributed by atoms with E-state index in [9.17, 15) is 4.79 Å². The van der Waals surface area contributed by atoms with E-state index in [-0.39, 0.29) is 5.56 Å². The number of hydrogen-bond donors (Lipinski definition) is 0. The summed E-state index contributed by atoms with van der Waals surface area (Å²) in [7, 11) is 0. The minimum absolute atomic E-state index is 0.0302. The molecule has 1 atom stereocenters. The molecule has 120 valence electrons. The van der Waals surface area contributed by atoms with Gasteiger partial charge in [-0.15, -0.1) is 0 Å². The van der Waals surface area contributed by atoms with Crippen molar-refractivity contribution in [3.63, 3.8) is 0 Å². The van der Waals surface area contributed by atoms with Crippen molar-refractivity contribution in [3.05, 3.63) is 52.5 Å². The molecule has 1 unspecified atom stereocenters. The number of hydrogen-bond acceptors (Lipinski definition) is 5. The van der Waals surface area contributed by atoms with E-state index in [0.29, 0.717) is 18.5 Å². The molecule has 4 rings (SSSR count). The molecule has 2 aliphatic rings. The van der Waals surface area contributed by atoms with Gasteiger partial charge in [-0.3, -0.25) is 9.69 Å². The Labute approximate surface area is 135 Å². The zero-order valence-electron chi connectivity index (χ0n) is 13.1. The Morgan fingerprint density at radius 2 is 2.09 bits per heavy atom. The third kappa shape index (κ3) is 3.32. The first kappa shape index (κ1) is 14.5. The summed E-state index contributed by atoms with van der Waals surface area (Å²) in [5, 5.41) is 4.18. The first-order valence-corrected chi connectivity index (χ1v) is 8.37. The van der Waals surface area contributed by atoms with Crippen molar-refractivity contribution >= 4 is 0 Å². The molecule has 1 saturated carbocycles. The number of nitrogens with zero attached hydrogens (tertiary/aromatic N) is 5. The average molecular weight is 311 g/mol. The van der Waals surface area contributed by atoms with Crippen LogP contribution >= 0.6 is 0 Å². The van der Waals surface area contributed by atoms with Crippen LogP contribution in [-0.4, -0.2) is 37.2 Å². The molecule has 0 N–H and O–H groups in total. The van der Waals surface area contributed by atoms with Crippen molar-refractivity contribution in [2.45, 2.75) is 50.7 Å². The standard InChI is InChI=1S/C17H21N5O/c23-16-4-1-8-19-22(16)12-15-3-2-10-21(15)11-14-7-9-18-17(20-14)13-5-6-13/h1,4,7-9,13,15H,2-3,5-6,10-12H2. The van der Waals surface area contributed by atoms with E-state index in [0.717, 1.165) is 37.4 Å². The summed E-state index contributed by atoms with van der Waals surface area (Å²) in [6.45, 7) is 2.53. The molecule has 0 aromatic carbocycles. The van der Waals surface area contributed by atoms with E-state index in [2.05, 4.69) is 15.0 Å². The van der Waals surface area contributed by atoms with Crippen molar-refractivity contribution in [1.29, 1.82) is 0 Å². The highest BCUT2D eigenvalue weighted by Gasteiger charge is 2.28. The summed E-state index contributed by atoms with van der Waals surface area (Å²) in [6, 6.07) is 5.61. The number of aromatic nitrogens is 4. The second-order valence-corrected chi connectivity index (χ2v) is 6.49. The van der Waals surface area contributed by atoms with E-state index in [1.165, 1.54) is 12.8 Å². The van der Waals surface area contributed by atoms with Crippen LogP contribution in [0, 0.1) is 0 Å². The predicted molar refractivity (Wildman–Crippen MR) is 85.9 cm³/mol. The normalized spacial score (nSPS) is 21.7. The summed E-state index contributed by atoms with van der Waals surface area (Å²) in [4.78, 5) is 23.4. The molecule has 0 spiro atoms. The summed E-state index contributed by atoms with van der Waals surface area (Å²) in [6.07, 6.45) is 8.25. The Kier molecular flexibility index (Phi) is 3.91. The lowest BCUT2D eigenvalue weighted by molar-refractivity contribution is 0.214. The van der Waals surface area contributed by atoms with Crippen LogP contribution in [0.25, 0.3) is 0 Å². The summed E-state index contributed by atoms with van der Waals surface area (Å²) < 4.78 is 1.57. The van der Waals surface area contributed by atoms with Crippen LogP contribution in [0.1, 0.15) is 43.1 Å².